The summed E-state index contributed by atoms with van der Waals surface area (Å²) in [6.07, 6.45) is 5.49. The molecule has 0 aromatic carbocycles. The highest BCUT2D eigenvalue weighted by Gasteiger charge is 2.20. The van der Waals surface area contributed by atoms with Crippen LogP contribution in [0.5, 0.6) is 0 Å². The molecular formula is C12H18N4OS. The SMILES string of the molecule is CSCC(C)(O)CNc1nccc2c1ncn2C. The lowest BCUT2D eigenvalue weighted by Crippen LogP contribution is -2.36. The van der Waals surface area contributed by atoms with Gasteiger partial charge in [-0.05, 0) is 19.2 Å². The molecule has 0 aliphatic carbocycles. The zero-order chi connectivity index (χ0) is 13.2. The fourth-order valence-electron chi connectivity index (χ4n) is 1.83. The van der Waals surface area contributed by atoms with Gasteiger partial charge in [-0.2, -0.15) is 11.8 Å². The van der Waals surface area contributed by atoms with Gasteiger partial charge in [0.15, 0.2) is 5.82 Å². The lowest BCUT2D eigenvalue weighted by atomic mass is 10.1. The minimum atomic E-state index is -0.752. The van der Waals surface area contributed by atoms with E-state index in [0.29, 0.717) is 12.3 Å². The van der Waals surface area contributed by atoms with Gasteiger partial charge in [-0.15, -0.1) is 0 Å². The fraction of sp³-hybridized carbons (Fsp3) is 0.500. The molecule has 2 rings (SSSR count). The van der Waals surface area contributed by atoms with Crippen molar-refractivity contribution in [2.24, 2.45) is 7.05 Å². The van der Waals surface area contributed by atoms with Crippen molar-refractivity contribution < 1.29 is 5.11 Å². The summed E-state index contributed by atoms with van der Waals surface area (Å²) >= 11 is 1.62. The molecule has 5 nitrogen and oxygen atoms in total. The third-order valence-corrected chi connectivity index (χ3v) is 3.65. The van der Waals surface area contributed by atoms with Crippen LogP contribution in [0, 0.1) is 0 Å². The highest BCUT2D eigenvalue weighted by molar-refractivity contribution is 7.98. The molecule has 1 unspecified atom stereocenters. The molecule has 0 spiro atoms. The van der Waals surface area contributed by atoms with E-state index >= 15 is 0 Å². The predicted octanol–water partition coefficient (Wildman–Crippen LogP) is 1.49. The second-order valence-corrected chi connectivity index (χ2v) is 5.53. The highest BCUT2D eigenvalue weighted by atomic mass is 32.2. The molecule has 0 radical (unpaired) electrons. The van der Waals surface area contributed by atoms with Crippen LogP contribution in [0.1, 0.15) is 6.92 Å². The molecule has 6 heteroatoms. The van der Waals surface area contributed by atoms with Crippen molar-refractivity contribution in [3.05, 3.63) is 18.6 Å². The van der Waals surface area contributed by atoms with E-state index in [9.17, 15) is 5.11 Å². The number of hydrogen-bond donors (Lipinski definition) is 2. The number of aryl methyl sites for hydroxylation is 1. The molecule has 0 bridgehead atoms. The summed E-state index contributed by atoms with van der Waals surface area (Å²) in [5, 5.41) is 13.3. The van der Waals surface area contributed by atoms with Crippen molar-refractivity contribution in [3.63, 3.8) is 0 Å². The number of hydrogen-bond acceptors (Lipinski definition) is 5. The van der Waals surface area contributed by atoms with E-state index in [1.54, 1.807) is 24.3 Å². The molecule has 2 aromatic rings. The van der Waals surface area contributed by atoms with E-state index in [4.69, 9.17) is 0 Å². The van der Waals surface area contributed by atoms with Gasteiger partial charge in [0.1, 0.15) is 5.52 Å². The molecule has 2 heterocycles. The van der Waals surface area contributed by atoms with Gasteiger partial charge >= 0.3 is 0 Å². The van der Waals surface area contributed by atoms with Crippen molar-refractivity contribution in [2.75, 3.05) is 23.9 Å². The van der Waals surface area contributed by atoms with Crippen molar-refractivity contribution in [1.82, 2.24) is 14.5 Å². The van der Waals surface area contributed by atoms with Crippen LogP contribution in [0.4, 0.5) is 5.82 Å². The molecule has 0 saturated heterocycles. The molecule has 98 valence electrons. The zero-order valence-corrected chi connectivity index (χ0v) is 11.7. The minimum Gasteiger partial charge on any atom is -0.387 e. The average Bonchev–Trinajstić information content (AvgIpc) is 2.69. The second-order valence-electron chi connectivity index (χ2n) is 4.67. The summed E-state index contributed by atoms with van der Waals surface area (Å²) in [7, 11) is 1.95. The molecule has 0 aliphatic rings. The van der Waals surface area contributed by atoms with Crippen LogP contribution in [0.2, 0.25) is 0 Å². The number of imidazole rings is 1. The van der Waals surface area contributed by atoms with E-state index in [1.807, 2.05) is 30.9 Å². The van der Waals surface area contributed by atoms with E-state index in [2.05, 4.69) is 15.3 Å². The maximum Gasteiger partial charge on any atom is 0.154 e. The lowest BCUT2D eigenvalue weighted by molar-refractivity contribution is 0.0996. The summed E-state index contributed by atoms with van der Waals surface area (Å²) in [6.45, 7) is 2.27. The zero-order valence-electron chi connectivity index (χ0n) is 10.8. The largest absolute Gasteiger partial charge is 0.387 e. The predicted molar refractivity (Wildman–Crippen MR) is 76.0 cm³/mol. The molecule has 2 N–H and O–H groups in total. The van der Waals surface area contributed by atoms with Gasteiger partial charge in [-0.1, -0.05) is 0 Å². The normalized spacial score (nSPS) is 14.7. The van der Waals surface area contributed by atoms with Gasteiger partial charge in [0.05, 0.1) is 17.4 Å². The first-order valence-corrected chi connectivity index (χ1v) is 7.14. The van der Waals surface area contributed by atoms with Gasteiger partial charge in [-0.25, -0.2) is 9.97 Å². The Hall–Kier alpha value is -1.27. The Balaban J connectivity index is 2.17. The first kappa shape index (κ1) is 13.2. The van der Waals surface area contributed by atoms with Crippen LogP contribution >= 0.6 is 11.8 Å². The molecule has 0 amide bonds. The molecule has 0 saturated carbocycles. The first-order chi connectivity index (χ1) is 8.53. The van der Waals surface area contributed by atoms with Gasteiger partial charge < -0.3 is 15.0 Å². The topological polar surface area (TPSA) is 63.0 Å². The van der Waals surface area contributed by atoms with Crippen molar-refractivity contribution in [1.29, 1.82) is 0 Å². The second kappa shape index (κ2) is 5.16. The Morgan fingerprint density at radius 1 is 1.50 bits per heavy atom. The number of anilines is 1. The molecule has 2 aromatic heterocycles. The average molecular weight is 266 g/mol. The first-order valence-electron chi connectivity index (χ1n) is 5.75. The monoisotopic (exact) mass is 266 g/mol. The maximum absolute atomic E-state index is 10.1. The number of pyridine rings is 1. The number of aliphatic hydroxyl groups is 1. The summed E-state index contributed by atoms with van der Waals surface area (Å²) in [5.41, 5.74) is 1.11. The number of thioether (sulfide) groups is 1. The number of nitrogens with one attached hydrogen (secondary N) is 1. The third kappa shape index (κ3) is 2.76. The van der Waals surface area contributed by atoms with E-state index in [1.165, 1.54) is 0 Å². The summed E-state index contributed by atoms with van der Waals surface area (Å²) in [5.74, 6) is 1.40. The molecule has 0 fully saturated rings. The van der Waals surface area contributed by atoms with Gasteiger partial charge in [0.2, 0.25) is 0 Å². The third-order valence-electron chi connectivity index (χ3n) is 2.73. The van der Waals surface area contributed by atoms with Gasteiger partial charge in [0.25, 0.3) is 0 Å². The number of rotatable bonds is 5. The molecule has 18 heavy (non-hydrogen) atoms. The van der Waals surface area contributed by atoms with Crippen LogP contribution in [0.3, 0.4) is 0 Å². The van der Waals surface area contributed by atoms with Crippen LogP contribution in [-0.2, 0) is 7.05 Å². The van der Waals surface area contributed by atoms with Crippen molar-refractivity contribution in [2.45, 2.75) is 12.5 Å². The van der Waals surface area contributed by atoms with Gasteiger partial charge in [0, 0.05) is 25.5 Å². The van der Waals surface area contributed by atoms with Crippen LogP contribution in [-0.4, -0.2) is 43.8 Å². The molecule has 0 aliphatic heterocycles. The Labute approximate surface area is 111 Å². The fourth-order valence-corrected chi connectivity index (χ4v) is 2.55. The maximum atomic E-state index is 10.1. The van der Waals surface area contributed by atoms with Crippen LogP contribution in [0.15, 0.2) is 18.6 Å². The Kier molecular flexibility index (Phi) is 3.77. The lowest BCUT2D eigenvalue weighted by Gasteiger charge is -2.22. The highest BCUT2D eigenvalue weighted by Crippen LogP contribution is 2.19. The minimum absolute atomic E-state index is 0.455. The standard InChI is InChI=1S/C12H18N4OS/c1-12(17,7-18-3)6-14-11-10-9(4-5-13-11)16(2)8-15-10/h4-5,8,17H,6-7H2,1-3H3,(H,13,14). The van der Waals surface area contributed by atoms with E-state index < -0.39 is 5.60 Å². The summed E-state index contributed by atoms with van der Waals surface area (Å²) < 4.78 is 1.95. The summed E-state index contributed by atoms with van der Waals surface area (Å²) in [6, 6.07) is 1.92. The Morgan fingerprint density at radius 3 is 3.00 bits per heavy atom. The number of fused-ring (bicyclic) bond motifs is 1. The van der Waals surface area contributed by atoms with E-state index in [-0.39, 0.29) is 0 Å². The Bertz CT molecular complexity index is 538. The van der Waals surface area contributed by atoms with E-state index in [0.717, 1.165) is 16.9 Å². The summed E-state index contributed by atoms with van der Waals surface area (Å²) in [4.78, 5) is 8.59. The van der Waals surface area contributed by atoms with Crippen LogP contribution in [0.25, 0.3) is 11.0 Å². The molecule has 1 atom stereocenters. The Morgan fingerprint density at radius 2 is 2.28 bits per heavy atom. The van der Waals surface area contributed by atoms with Gasteiger partial charge in [-0.3, -0.25) is 0 Å². The molecular weight excluding hydrogens is 248 g/mol. The van der Waals surface area contributed by atoms with Crippen LogP contribution < -0.4 is 5.32 Å². The quantitative estimate of drug-likeness (QED) is 0.858. The van der Waals surface area contributed by atoms with Crippen molar-refractivity contribution in [3.8, 4) is 0 Å². The smallest absolute Gasteiger partial charge is 0.154 e. The van der Waals surface area contributed by atoms with Crippen molar-refractivity contribution >= 4 is 28.6 Å². The number of nitrogens with zero attached hydrogens (tertiary/aromatic N) is 3. The number of aromatic nitrogens is 3.